The van der Waals surface area contributed by atoms with Gasteiger partial charge in [0.1, 0.15) is 0 Å². The van der Waals surface area contributed by atoms with Gasteiger partial charge < -0.3 is 4.74 Å². The van der Waals surface area contributed by atoms with Gasteiger partial charge in [-0.15, -0.1) is 23.5 Å². The molecule has 1 aromatic carbocycles. The molecule has 0 saturated carbocycles. The number of ether oxygens (including phenoxy) is 1. The standard InChI is InChI=1S/C11H12O2S2/c1-2-13-10(12)7-11-14-8-5-3-4-6-9(8)15-11/h3-6,11H,2,7H2,1H3. The molecule has 0 atom stereocenters. The monoisotopic (exact) mass is 240 g/mol. The second kappa shape index (κ2) is 4.94. The molecule has 0 aromatic heterocycles. The number of benzene rings is 1. The summed E-state index contributed by atoms with van der Waals surface area (Å²) in [5, 5.41) is 0. The van der Waals surface area contributed by atoms with E-state index in [4.69, 9.17) is 4.74 Å². The van der Waals surface area contributed by atoms with Crippen LogP contribution in [0.4, 0.5) is 0 Å². The van der Waals surface area contributed by atoms with Crippen molar-refractivity contribution < 1.29 is 9.53 Å². The number of hydrogen-bond donors (Lipinski definition) is 0. The van der Waals surface area contributed by atoms with Gasteiger partial charge in [0.2, 0.25) is 0 Å². The topological polar surface area (TPSA) is 26.3 Å². The molecular weight excluding hydrogens is 228 g/mol. The zero-order valence-electron chi connectivity index (χ0n) is 8.43. The first kappa shape index (κ1) is 10.9. The molecule has 0 bridgehead atoms. The third-order valence-corrected chi connectivity index (χ3v) is 4.79. The van der Waals surface area contributed by atoms with Crippen molar-refractivity contribution in [1.29, 1.82) is 0 Å². The van der Waals surface area contributed by atoms with Crippen LogP contribution >= 0.6 is 23.5 Å². The van der Waals surface area contributed by atoms with Crippen molar-refractivity contribution >= 4 is 29.5 Å². The summed E-state index contributed by atoms with van der Waals surface area (Å²) in [5.41, 5.74) is 0. The first-order valence-electron chi connectivity index (χ1n) is 4.87. The number of hydrogen-bond acceptors (Lipinski definition) is 4. The fraction of sp³-hybridized carbons (Fsp3) is 0.364. The molecule has 0 aliphatic carbocycles. The SMILES string of the molecule is CCOC(=O)CC1Sc2ccccc2S1. The molecule has 80 valence electrons. The molecule has 0 spiro atoms. The van der Waals surface area contributed by atoms with Crippen LogP contribution in [0.1, 0.15) is 13.3 Å². The van der Waals surface area contributed by atoms with Crippen LogP contribution in [0, 0.1) is 0 Å². The number of thioether (sulfide) groups is 2. The Kier molecular flexibility index (Phi) is 3.59. The summed E-state index contributed by atoms with van der Waals surface area (Å²) in [5.74, 6) is -0.102. The van der Waals surface area contributed by atoms with E-state index in [1.165, 1.54) is 9.79 Å². The molecular formula is C11H12O2S2. The number of esters is 1. The van der Waals surface area contributed by atoms with E-state index in [0.717, 1.165) is 0 Å². The number of carbonyl (C=O) groups excluding carboxylic acids is 1. The molecule has 0 N–H and O–H groups in total. The second-order valence-corrected chi connectivity index (χ2v) is 5.91. The van der Waals surface area contributed by atoms with E-state index in [-0.39, 0.29) is 10.6 Å². The van der Waals surface area contributed by atoms with Crippen LogP contribution < -0.4 is 0 Å². The Morgan fingerprint density at radius 1 is 1.33 bits per heavy atom. The van der Waals surface area contributed by atoms with E-state index < -0.39 is 0 Å². The minimum absolute atomic E-state index is 0.102. The predicted molar refractivity (Wildman–Crippen MR) is 63.2 cm³/mol. The van der Waals surface area contributed by atoms with E-state index in [1.807, 2.05) is 19.1 Å². The maximum absolute atomic E-state index is 11.3. The Balaban J connectivity index is 1.93. The number of carbonyl (C=O) groups is 1. The molecule has 0 amide bonds. The quantitative estimate of drug-likeness (QED) is 0.758. The first-order chi connectivity index (χ1) is 7.29. The van der Waals surface area contributed by atoms with Gasteiger partial charge in [0.05, 0.1) is 17.6 Å². The minimum Gasteiger partial charge on any atom is -0.466 e. The molecule has 0 unspecified atom stereocenters. The fourth-order valence-corrected chi connectivity index (χ4v) is 4.18. The summed E-state index contributed by atoms with van der Waals surface area (Å²) in [4.78, 5) is 13.9. The van der Waals surface area contributed by atoms with Crippen molar-refractivity contribution in [2.24, 2.45) is 0 Å². The van der Waals surface area contributed by atoms with E-state index in [1.54, 1.807) is 23.5 Å². The maximum atomic E-state index is 11.3. The van der Waals surface area contributed by atoms with Crippen molar-refractivity contribution in [1.82, 2.24) is 0 Å². The van der Waals surface area contributed by atoms with Crippen molar-refractivity contribution in [3.63, 3.8) is 0 Å². The molecule has 1 aliphatic rings. The molecule has 0 saturated heterocycles. The molecule has 1 heterocycles. The average Bonchev–Trinajstić information content (AvgIpc) is 2.59. The zero-order chi connectivity index (χ0) is 10.7. The molecule has 2 rings (SSSR count). The van der Waals surface area contributed by atoms with Gasteiger partial charge in [0, 0.05) is 9.79 Å². The molecule has 1 aromatic rings. The number of rotatable bonds is 3. The van der Waals surface area contributed by atoms with Crippen LogP contribution in [0.25, 0.3) is 0 Å². The predicted octanol–water partition coefficient (Wildman–Crippen LogP) is 3.16. The van der Waals surface area contributed by atoms with Gasteiger partial charge >= 0.3 is 5.97 Å². The van der Waals surface area contributed by atoms with Crippen molar-refractivity contribution in [3.8, 4) is 0 Å². The van der Waals surface area contributed by atoms with Crippen LogP contribution in [0.3, 0.4) is 0 Å². The van der Waals surface area contributed by atoms with Gasteiger partial charge in [-0.05, 0) is 19.1 Å². The van der Waals surface area contributed by atoms with E-state index in [9.17, 15) is 4.79 Å². The average molecular weight is 240 g/mol. The lowest BCUT2D eigenvalue weighted by Crippen LogP contribution is -2.08. The van der Waals surface area contributed by atoms with Gasteiger partial charge in [0.25, 0.3) is 0 Å². The number of fused-ring (bicyclic) bond motifs is 1. The van der Waals surface area contributed by atoms with Crippen LogP contribution in [0.5, 0.6) is 0 Å². The van der Waals surface area contributed by atoms with E-state index >= 15 is 0 Å². The summed E-state index contributed by atoms with van der Waals surface area (Å²) in [6.07, 6.45) is 0.484. The Morgan fingerprint density at radius 3 is 2.47 bits per heavy atom. The molecule has 0 radical (unpaired) electrons. The maximum Gasteiger partial charge on any atom is 0.307 e. The van der Waals surface area contributed by atoms with Gasteiger partial charge in [-0.25, -0.2) is 0 Å². The van der Waals surface area contributed by atoms with E-state index in [0.29, 0.717) is 13.0 Å². The summed E-state index contributed by atoms with van der Waals surface area (Å²) in [6.45, 7) is 2.30. The highest BCUT2D eigenvalue weighted by Gasteiger charge is 2.25. The molecule has 15 heavy (non-hydrogen) atoms. The highest BCUT2D eigenvalue weighted by molar-refractivity contribution is 8.19. The zero-order valence-corrected chi connectivity index (χ0v) is 10.1. The molecule has 2 nitrogen and oxygen atoms in total. The summed E-state index contributed by atoms with van der Waals surface area (Å²) >= 11 is 3.50. The highest BCUT2D eigenvalue weighted by atomic mass is 32.2. The second-order valence-electron chi connectivity index (χ2n) is 3.12. The summed E-state index contributed by atoms with van der Waals surface area (Å²) in [7, 11) is 0. The Bertz CT molecular complexity index is 340. The lowest BCUT2D eigenvalue weighted by atomic mass is 10.4. The van der Waals surface area contributed by atoms with Crippen LogP contribution in [-0.4, -0.2) is 17.2 Å². The highest BCUT2D eigenvalue weighted by Crippen LogP contribution is 2.48. The Morgan fingerprint density at radius 2 is 1.93 bits per heavy atom. The molecule has 4 heteroatoms. The smallest absolute Gasteiger partial charge is 0.307 e. The third-order valence-electron chi connectivity index (χ3n) is 2.00. The Labute approximate surface area is 97.8 Å². The largest absolute Gasteiger partial charge is 0.466 e. The first-order valence-corrected chi connectivity index (χ1v) is 6.63. The van der Waals surface area contributed by atoms with Crippen LogP contribution in [-0.2, 0) is 9.53 Å². The van der Waals surface area contributed by atoms with Gasteiger partial charge in [-0.1, -0.05) is 12.1 Å². The van der Waals surface area contributed by atoms with Crippen molar-refractivity contribution in [2.45, 2.75) is 27.7 Å². The summed E-state index contributed by atoms with van der Waals surface area (Å²) in [6, 6.07) is 8.24. The normalized spacial score (nSPS) is 15.0. The Hall–Kier alpha value is -0.610. The van der Waals surface area contributed by atoms with Crippen molar-refractivity contribution in [3.05, 3.63) is 24.3 Å². The summed E-state index contributed by atoms with van der Waals surface area (Å²) < 4.78 is 5.22. The lowest BCUT2D eigenvalue weighted by molar-refractivity contribution is -0.142. The van der Waals surface area contributed by atoms with Crippen LogP contribution in [0.2, 0.25) is 0 Å². The van der Waals surface area contributed by atoms with E-state index in [2.05, 4.69) is 12.1 Å². The van der Waals surface area contributed by atoms with Crippen LogP contribution in [0.15, 0.2) is 34.1 Å². The minimum atomic E-state index is -0.102. The molecule has 0 fully saturated rings. The van der Waals surface area contributed by atoms with Crippen molar-refractivity contribution in [2.75, 3.05) is 6.61 Å². The van der Waals surface area contributed by atoms with Gasteiger partial charge in [-0.3, -0.25) is 4.79 Å². The molecule has 1 aliphatic heterocycles. The van der Waals surface area contributed by atoms with Gasteiger partial charge in [-0.2, -0.15) is 0 Å². The fourth-order valence-electron chi connectivity index (χ4n) is 1.39. The lowest BCUT2D eigenvalue weighted by Gasteiger charge is -2.06. The third kappa shape index (κ3) is 2.69. The van der Waals surface area contributed by atoms with Gasteiger partial charge in [0.15, 0.2) is 0 Å².